The van der Waals surface area contributed by atoms with Crippen LogP contribution in [0.15, 0.2) is 30.3 Å². The highest BCUT2D eigenvalue weighted by Crippen LogP contribution is 2.20. The van der Waals surface area contributed by atoms with Gasteiger partial charge in [-0.3, -0.25) is 0 Å². The van der Waals surface area contributed by atoms with Gasteiger partial charge in [-0.05, 0) is 25.5 Å². The Balaban J connectivity index is 2.25. The molecule has 1 aromatic carbocycles. The zero-order valence-electron chi connectivity index (χ0n) is 13.3. The Bertz CT molecular complexity index is 675. The summed E-state index contributed by atoms with van der Waals surface area (Å²) in [6, 6.07) is 11.5. The van der Waals surface area contributed by atoms with Gasteiger partial charge in [0.1, 0.15) is 11.9 Å². The van der Waals surface area contributed by atoms with Gasteiger partial charge in [0.15, 0.2) is 0 Å². The minimum absolute atomic E-state index is 0.515. The predicted molar refractivity (Wildman–Crippen MR) is 89.4 cm³/mol. The van der Waals surface area contributed by atoms with Crippen molar-refractivity contribution >= 4 is 17.5 Å². The van der Waals surface area contributed by atoms with Gasteiger partial charge in [-0.2, -0.15) is 10.2 Å². The Morgan fingerprint density at radius 1 is 1.27 bits per heavy atom. The third kappa shape index (κ3) is 3.95. The maximum absolute atomic E-state index is 9.15. The van der Waals surface area contributed by atoms with Gasteiger partial charge in [-0.1, -0.05) is 25.5 Å². The summed E-state index contributed by atoms with van der Waals surface area (Å²) in [4.78, 5) is 11.1. The van der Waals surface area contributed by atoms with Crippen LogP contribution in [-0.2, 0) is 0 Å². The van der Waals surface area contributed by atoms with Crippen molar-refractivity contribution in [3.05, 3.63) is 41.6 Å². The smallest absolute Gasteiger partial charge is 0.229 e. The van der Waals surface area contributed by atoms with Crippen LogP contribution in [0.4, 0.5) is 17.5 Å². The fourth-order valence-corrected chi connectivity index (χ4v) is 2.12. The minimum Gasteiger partial charge on any atom is -0.360 e. The highest BCUT2D eigenvalue weighted by molar-refractivity contribution is 5.63. The lowest BCUT2D eigenvalue weighted by Gasteiger charge is -2.19. The second kappa shape index (κ2) is 7.41. The molecule has 1 heterocycles. The van der Waals surface area contributed by atoms with E-state index in [2.05, 4.69) is 33.2 Å². The molecule has 0 bridgehead atoms. The monoisotopic (exact) mass is 295 g/mol. The molecule has 1 aromatic heterocycles. The zero-order valence-corrected chi connectivity index (χ0v) is 13.3. The number of benzene rings is 1. The first-order valence-corrected chi connectivity index (χ1v) is 7.47. The molecule has 114 valence electrons. The van der Waals surface area contributed by atoms with Crippen LogP contribution in [0.2, 0.25) is 0 Å². The molecule has 0 aliphatic heterocycles. The van der Waals surface area contributed by atoms with Crippen LogP contribution in [0.1, 0.15) is 31.0 Å². The van der Waals surface area contributed by atoms with Crippen molar-refractivity contribution in [2.45, 2.75) is 26.7 Å². The van der Waals surface area contributed by atoms with Crippen LogP contribution < -0.4 is 10.2 Å². The summed E-state index contributed by atoms with van der Waals surface area (Å²) in [5.41, 5.74) is 2.19. The van der Waals surface area contributed by atoms with Gasteiger partial charge in [-0.25, -0.2) is 4.98 Å². The number of nitrogens with zero attached hydrogens (tertiary/aromatic N) is 4. The Morgan fingerprint density at radius 3 is 2.77 bits per heavy atom. The van der Waals surface area contributed by atoms with E-state index >= 15 is 0 Å². The van der Waals surface area contributed by atoms with Gasteiger partial charge in [-0.15, -0.1) is 0 Å². The van der Waals surface area contributed by atoms with E-state index in [0.29, 0.717) is 11.5 Å². The molecular formula is C17H21N5. The first-order valence-electron chi connectivity index (χ1n) is 7.47. The van der Waals surface area contributed by atoms with Gasteiger partial charge in [0.2, 0.25) is 5.95 Å². The molecule has 0 amide bonds. The third-order valence-corrected chi connectivity index (χ3v) is 3.37. The Labute approximate surface area is 131 Å². The molecular weight excluding hydrogens is 274 g/mol. The lowest BCUT2D eigenvalue weighted by molar-refractivity contribution is 0.758. The van der Waals surface area contributed by atoms with Gasteiger partial charge >= 0.3 is 0 Å². The van der Waals surface area contributed by atoms with E-state index in [1.54, 1.807) is 6.07 Å². The number of anilines is 3. The molecule has 2 aromatic rings. The summed E-state index contributed by atoms with van der Waals surface area (Å²) >= 11 is 0. The van der Waals surface area contributed by atoms with E-state index in [0.717, 1.165) is 36.6 Å². The summed E-state index contributed by atoms with van der Waals surface area (Å²) in [5, 5.41) is 12.3. The molecule has 2 rings (SSSR count). The number of aryl methyl sites for hydroxylation is 1. The second-order valence-corrected chi connectivity index (χ2v) is 5.25. The van der Waals surface area contributed by atoms with E-state index in [1.165, 1.54) is 0 Å². The molecule has 5 heteroatoms. The van der Waals surface area contributed by atoms with E-state index in [9.17, 15) is 0 Å². The first kappa shape index (κ1) is 15.8. The summed E-state index contributed by atoms with van der Waals surface area (Å²) < 4.78 is 0. The minimum atomic E-state index is 0.515. The van der Waals surface area contributed by atoms with Crippen molar-refractivity contribution in [3.8, 4) is 6.07 Å². The van der Waals surface area contributed by atoms with Gasteiger partial charge in [0.05, 0.1) is 11.3 Å². The maximum atomic E-state index is 9.15. The molecule has 1 N–H and O–H groups in total. The van der Waals surface area contributed by atoms with Crippen LogP contribution in [0.25, 0.3) is 0 Å². The largest absolute Gasteiger partial charge is 0.360 e. The molecule has 0 aliphatic rings. The van der Waals surface area contributed by atoms with Crippen LogP contribution in [0, 0.1) is 18.3 Å². The highest BCUT2D eigenvalue weighted by Gasteiger charge is 2.08. The van der Waals surface area contributed by atoms with E-state index in [4.69, 9.17) is 5.26 Å². The number of hydrogen-bond acceptors (Lipinski definition) is 5. The SMILES string of the molecule is CCCCN(C)c1cc(C)nc(Nc2ccccc2C#N)n1. The Hall–Kier alpha value is -2.61. The number of nitrogens with one attached hydrogen (secondary N) is 1. The van der Waals surface area contributed by atoms with E-state index in [-0.39, 0.29) is 0 Å². The third-order valence-electron chi connectivity index (χ3n) is 3.37. The van der Waals surface area contributed by atoms with Crippen molar-refractivity contribution in [3.63, 3.8) is 0 Å². The first-order chi connectivity index (χ1) is 10.6. The molecule has 0 saturated carbocycles. The van der Waals surface area contributed by atoms with Crippen molar-refractivity contribution in [1.29, 1.82) is 5.26 Å². The quantitative estimate of drug-likeness (QED) is 0.881. The second-order valence-electron chi connectivity index (χ2n) is 5.25. The molecule has 0 saturated heterocycles. The predicted octanol–water partition coefficient (Wildman–Crippen LogP) is 3.64. The Kier molecular flexibility index (Phi) is 5.31. The van der Waals surface area contributed by atoms with Crippen molar-refractivity contribution in [2.24, 2.45) is 0 Å². The molecule has 0 aliphatic carbocycles. The summed E-state index contributed by atoms with van der Waals surface area (Å²) in [7, 11) is 2.03. The maximum Gasteiger partial charge on any atom is 0.229 e. The van der Waals surface area contributed by atoms with Crippen LogP contribution in [0.3, 0.4) is 0 Å². The number of rotatable bonds is 6. The summed E-state index contributed by atoms with van der Waals surface area (Å²) in [5.74, 6) is 1.40. The lowest BCUT2D eigenvalue weighted by Crippen LogP contribution is -2.20. The molecule has 0 unspecified atom stereocenters. The zero-order chi connectivity index (χ0) is 15.9. The number of nitriles is 1. The van der Waals surface area contributed by atoms with Crippen molar-refractivity contribution in [2.75, 3.05) is 23.8 Å². The number of para-hydroxylation sites is 1. The van der Waals surface area contributed by atoms with Gasteiger partial charge in [0.25, 0.3) is 0 Å². The molecule has 5 nitrogen and oxygen atoms in total. The van der Waals surface area contributed by atoms with Crippen LogP contribution in [-0.4, -0.2) is 23.6 Å². The van der Waals surface area contributed by atoms with Crippen molar-refractivity contribution < 1.29 is 0 Å². The summed E-state index contributed by atoms with van der Waals surface area (Å²) in [6.45, 7) is 5.08. The standard InChI is InChI=1S/C17H21N5/c1-4-5-10-22(3)16-11-13(2)19-17(21-16)20-15-9-7-6-8-14(15)12-18/h6-9,11H,4-5,10H2,1-3H3,(H,19,20,21). The normalized spacial score (nSPS) is 10.1. The van der Waals surface area contributed by atoms with Gasteiger partial charge in [0, 0.05) is 25.4 Å². The lowest BCUT2D eigenvalue weighted by atomic mass is 10.2. The number of unbranched alkanes of at least 4 members (excludes halogenated alkanes) is 1. The fraction of sp³-hybridized carbons (Fsp3) is 0.353. The van der Waals surface area contributed by atoms with E-state index < -0.39 is 0 Å². The average Bonchev–Trinajstić information content (AvgIpc) is 2.52. The topological polar surface area (TPSA) is 64.8 Å². The van der Waals surface area contributed by atoms with Crippen LogP contribution in [0.5, 0.6) is 0 Å². The Morgan fingerprint density at radius 2 is 2.05 bits per heavy atom. The average molecular weight is 295 g/mol. The number of aromatic nitrogens is 2. The number of hydrogen-bond donors (Lipinski definition) is 1. The highest BCUT2D eigenvalue weighted by atomic mass is 15.2. The molecule has 22 heavy (non-hydrogen) atoms. The molecule has 0 spiro atoms. The van der Waals surface area contributed by atoms with E-state index in [1.807, 2.05) is 38.2 Å². The molecule has 0 fully saturated rings. The summed E-state index contributed by atoms with van der Waals surface area (Å²) in [6.07, 6.45) is 2.27. The van der Waals surface area contributed by atoms with Crippen molar-refractivity contribution in [1.82, 2.24) is 9.97 Å². The fourth-order valence-electron chi connectivity index (χ4n) is 2.12. The van der Waals surface area contributed by atoms with Crippen LogP contribution >= 0.6 is 0 Å². The molecule has 0 atom stereocenters. The van der Waals surface area contributed by atoms with Gasteiger partial charge < -0.3 is 10.2 Å². The molecule has 0 radical (unpaired) electrons.